The molecule has 0 aromatic heterocycles. The number of hydrogen-bond donors (Lipinski definition) is 1. The van der Waals surface area contributed by atoms with Crippen LogP contribution >= 0.6 is 0 Å². The van der Waals surface area contributed by atoms with Gasteiger partial charge in [-0.05, 0) is 5.92 Å². The lowest BCUT2D eigenvalue weighted by Gasteiger charge is -2.09. The van der Waals surface area contributed by atoms with Crippen LogP contribution < -0.4 is 5.32 Å². The van der Waals surface area contributed by atoms with Gasteiger partial charge in [-0.15, -0.1) is 0 Å². The van der Waals surface area contributed by atoms with Gasteiger partial charge in [-0.2, -0.15) is 14.0 Å². The van der Waals surface area contributed by atoms with Crippen LogP contribution in [0.3, 0.4) is 0 Å². The Morgan fingerprint density at radius 1 is 1.67 bits per heavy atom. The van der Waals surface area contributed by atoms with E-state index in [0.29, 0.717) is 6.07 Å². The zero-order valence-electron chi connectivity index (χ0n) is 6.90. The maximum Gasteiger partial charge on any atom is 0.408 e. The Morgan fingerprint density at radius 3 is 2.50 bits per heavy atom. The molecule has 0 saturated heterocycles. The number of nitriles is 1. The van der Waals surface area contributed by atoms with E-state index >= 15 is 0 Å². The normalized spacial score (nSPS) is 11.0. The maximum atomic E-state index is 12.2. The highest BCUT2D eigenvalue weighted by molar-refractivity contribution is 5.86. The summed E-state index contributed by atoms with van der Waals surface area (Å²) in [5.74, 6) is -5.35. The molecular formula is C7H10F2N2O. The van der Waals surface area contributed by atoms with Crippen LogP contribution in [0.25, 0.3) is 0 Å². The highest BCUT2D eigenvalue weighted by Gasteiger charge is 2.38. The van der Waals surface area contributed by atoms with Crippen molar-refractivity contribution in [2.24, 2.45) is 5.92 Å². The van der Waals surface area contributed by atoms with Crippen LogP contribution in [0.4, 0.5) is 8.78 Å². The second kappa shape index (κ2) is 4.00. The van der Waals surface area contributed by atoms with Gasteiger partial charge in [-0.1, -0.05) is 13.8 Å². The first-order valence-corrected chi connectivity index (χ1v) is 3.47. The standard InChI is InChI=1S/C7H10F2N2O/c1-5(2)3-11-6(12)7(8,9)4-10/h5H,3H2,1-2H3,(H,11,12). The molecule has 3 nitrogen and oxygen atoms in total. The van der Waals surface area contributed by atoms with Gasteiger partial charge in [0.25, 0.3) is 0 Å². The zero-order valence-corrected chi connectivity index (χ0v) is 6.90. The van der Waals surface area contributed by atoms with Crippen molar-refractivity contribution in [3.63, 3.8) is 0 Å². The third kappa shape index (κ3) is 3.28. The molecule has 1 amide bonds. The van der Waals surface area contributed by atoms with Crippen molar-refractivity contribution >= 4 is 5.91 Å². The summed E-state index contributed by atoms with van der Waals surface area (Å²) in [4.78, 5) is 10.5. The first kappa shape index (κ1) is 10.8. The second-order valence-corrected chi connectivity index (χ2v) is 2.79. The Hall–Kier alpha value is -1.18. The fraction of sp³-hybridized carbons (Fsp3) is 0.714. The summed E-state index contributed by atoms with van der Waals surface area (Å²) in [6.45, 7) is 3.69. The molecule has 0 spiro atoms. The number of hydrogen-bond acceptors (Lipinski definition) is 2. The smallest absolute Gasteiger partial charge is 0.350 e. The van der Waals surface area contributed by atoms with Crippen molar-refractivity contribution in [2.75, 3.05) is 6.54 Å². The first-order valence-electron chi connectivity index (χ1n) is 3.47. The number of rotatable bonds is 3. The largest absolute Gasteiger partial charge is 0.408 e. The molecular weight excluding hydrogens is 166 g/mol. The molecule has 68 valence electrons. The lowest BCUT2D eigenvalue weighted by Crippen LogP contribution is -2.40. The molecule has 0 radical (unpaired) electrons. The highest BCUT2D eigenvalue weighted by atomic mass is 19.3. The average Bonchev–Trinajstić information content (AvgIpc) is 2.00. The number of amides is 1. The monoisotopic (exact) mass is 176 g/mol. The summed E-state index contributed by atoms with van der Waals surface area (Å²) in [5.41, 5.74) is 0. The molecule has 0 heterocycles. The van der Waals surface area contributed by atoms with E-state index in [-0.39, 0.29) is 12.5 Å². The predicted octanol–water partition coefficient (Wildman–Crippen LogP) is 0.917. The molecule has 5 heteroatoms. The van der Waals surface area contributed by atoms with Crippen molar-refractivity contribution in [1.29, 1.82) is 5.26 Å². The van der Waals surface area contributed by atoms with Gasteiger partial charge in [0.2, 0.25) is 0 Å². The summed E-state index contributed by atoms with van der Waals surface area (Å²) in [6, 6.07) is 0.619. The molecule has 0 aliphatic rings. The molecule has 1 N–H and O–H groups in total. The summed E-state index contributed by atoms with van der Waals surface area (Å²) in [6.07, 6.45) is 0. The highest BCUT2D eigenvalue weighted by Crippen LogP contribution is 2.10. The number of alkyl halides is 2. The minimum atomic E-state index is -3.91. The topological polar surface area (TPSA) is 52.9 Å². The fourth-order valence-corrected chi connectivity index (χ4v) is 0.459. The van der Waals surface area contributed by atoms with Gasteiger partial charge in [0.15, 0.2) is 0 Å². The van der Waals surface area contributed by atoms with Crippen molar-refractivity contribution in [3.8, 4) is 6.07 Å². The number of carbonyl (C=O) groups is 1. The van der Waals surface area contributed by atoms with E-state index in [1.165, 1.54) is 0 Å². The molecule has 0 unspecified atom stereocenters. The maximum absolute atomic E-state index is 12.2. The van der Waals surface area contributed by atoms with Crippen LogP contribution in [0, 0.1) is 17.2 Å². The molecule has 0 rings (SSSR count). The fourth-order valence-electron chi connectivity index (χ4n) is 0.459. The number of nitrogens with zero attached hydrogens (tertiary/aromatic N) is 1. The molecule has 0 atom stereocenters. The van der Waals surface area contributed by atoms with Crippen LogP contribution in [0.5, 0.6) is 0 Å². The molecule has 0 bridgehead atoms. The van der Waals surface area contributed by atoms with Crippen molar-refractivity contribution in [2.45, 2.75) is 19.8 Å². The molecule has 0 aliphatic heterocycles. The van der Waals surface area contributed by atoms with Gasteiger partial charge in [0, 0.05) is 6.54 Å². The Labute approximate surface area is 69.4 Å². The van der Waals surface area contributed by atoms with E-state index in [4.69, 9.17) is 5.26 Å². The van der Waals surface area contributed by atoms with Crippen molar-refractivity contribution in [3.05, 3.63) is 0 Å². The van der Waals surface area contributed by atoms with Crippen LogP contribution in [0.2, 0.25) is 0 Å². The number of carbonyl (C=O) groups excluding carboxylic acids is 1. The van der Waals surface area contributed by atoms with Gasteiger partial charge in [-0.3, -0.25) is 4.79 Å². The van der Waals surface area contributed by atoms with E-state index in [2.05, 4.69) is 0 Å². The van der Waals surface area contributed by atoms with Gasteiger partial charge in [0.05, 0.1) is 0 Å². The van der Waals surface area contributed by atoms with Crippen LogP contribution in [-0.4, -0.2) is 18.4 Å². The third-order valence-corrected chi connectivity index (χ3v) is 1.10. The SMILES string of the molecule is CC(C)CNC(=O)C(F)(F)C#N. The van der Waals surface area contributed by atoms with E-state index in [1.807, 2.05) is 5.32 Å². The lowest BCUT2D eigenvalue weighted by molar-refractivity contribution is -0.138. The van der Waals surface area contributed by atoms with Crippen LogP contribution in [0.15, 0.2) is 0 Å². The Morgan fingerprint density at radius 2 is 2.17 bits per heavy atom. The van der Waals surface area contributed by atoms with Crippen molar-refractivity contribution < 1.29 is 13.6 Å². The van der Waals surface area contributed by atoms with Crippen LogP contribution in [0.1, 0.15) is 13.8 Å². The summed E-state index contributed by atoms with van der Waals surface area (Å²) < 4.78 is 24.4. The third-order valence-electron chi connectivity index (χ3n) is 1.10. The molecule has 12 heavy (non-hydrogen) atoms. The number of halogens is 2. The van der Waals surface area contributed by atoms with E-state index in [9.17, 15) is 13.6 Å². The summed E-state index contributed by atoms with van der Waals surface area (Å²) in [5, 5.41) is 9.83. The molecule has 0 aromatic carbocycles. The van der Waals surface area contributed by atoms with Gasteiger partial charge >= 0.3 is 11.8 Å². The Bertz CT molecular complexity index is 208. The van der Waals surface area contributed by atoms with E-state index in [0.717, 1.165) is 0 Å². The van der Waals surface area contributed by atoms with Crippen molar-refractivity contribution in [1.82, 2.24) is 5.32 Å². The van der Waals surface area contributed by atoms with E-state index < -0.39 is 11.8 Å². The summed E-state index contributed by atoms with van der Waals surface area (Å²) >= 11 is 0. The van der Waals surface area contributed by atoms with E-state index in [1.54, 1.807) is 13.8 Å². The predicted molar refractivity (Wildman–Crippen MR) is 38.4 cm³/mol. The molecule has 0 aromatic rings. The second-order valence-electron chi connectivity index (χ2n) is 2.79. The van der Waals surface area contributed by atoms with Crippen LogP contribution in [-0.2, 0) is 4.79 Å². The first-order chi connectivity index (χ1) is 5.40. The quantitative estimate of drug-likeness (QED) is 0.695. The van der Waals surface area contributed by atoms with Gasteiger partial charge in [-0.25, -0.2) is 0 Å². The lowest BCUT2D eigenvalue weighted by atomic mass is 10.2. The minimum Gasteiger partial charge on any atom is -0.350 e. The average molecular weight is 176 g/mol. The van der Waals surface area contributed by atoms with Gasteiger partial charge < -0.3 is 5.32 Å². The number of nitrogens with one attached hydrogen (secondary N) is 1. The minimum absolute atomic E-state index is 0.0865. The summed E-state index contributed by atoms with van der Waals surface area (Å²) in [7, 11) is 0. The Kier molecular flexibility index (Phi) is 3.61. The molecule has 0 saturated carbocycles. The van der Waals surface area contributed by atoms with Gasteiger partial charge in [0.1, 0.15) is 6.07 Å². The zero-order chi connectivity index (χ0) is 9.78. The molecule has 0 aliphatic carbocycles. The Balaban J connectivity index is 3.99. The molecule has 0 fully saturated rings.